The van der Waals surface area contributed by atoms with Gasteiger partial charge in [-0.3, -0.25) is 4.48 Å². The lowest BCUT2D eigenvalue weighted by Gasteiger charge is -2.47. The zero-order chi connectivity index (χ0) is 28.8. The first kappa shape index (κ1) is 36.1. The molecule has 3 N–H and O–H groups in total. The molecule has 0 fully saturated rings. The summed E-state index contributed by atoms with van der Waals surface area (Å²) < 4.78 is -0.507. The van der Waals surface area contributed by atoms with E-state index < -0.39 is 40.5 Å². The lowest BCUT2D eigenvalue weighted by molar-refractivity contribution is -0.968. The van der Waals surface area contributed by atoms with Crippen molar-refractivity contribution in [2.75, 3.05) is 6.54 Å². The molecule has 0 saturated heterocycles. The normalized spacial score (nSPS) is 15.7. The molecule has 0 aromatic heterocycles. The van der Waals surface area contributed by atoms with E-state index in [1.165, 1.54) is 111 Å². The van der Waals surface area contributed by atoms with E-state index >= 15 is 0 Å². The molecular formula is C31H58NO6+. The minimum Gasteiger partial charge on any atom is -0.477 e. The topological polar surface area (TPSA) is 112 Å². The number of allylic oxidation sites excluding steroid dienone is 2. The van der Waals surface area contributed by atoms with Crippen LogP contribution in [0.1, 0.15) is 143 Å². The number of hydrogen-bond donors (Lipinski definition) is 3. The van der Waals surface area contributed by atoms with E-state index in [1.54, 1.807) is 0 Å². The van der Waals surface area contributed by atoms with Crippen LogP contribution in [0.4, 0.5) is 0 Å². The highest BCUT2D eigenvalue weighted by Crippen LogP contribution is 2.27. The van der Waals surface area contributed by atoms with E-state index in [9.17, 15) is 29.7 Å². The number of carboxylic acids is 3. The predicted molar refractivity (Wildman–Crippen MR) is 154 cm³/mol. The van der Waals surface area contributed by atoms with Crippen LogP contribution in [-0.2, 0) is 14.4 Å². The first-order chi connectivity index (χ1) is 18.1. The van der Waals surface area contributed by atoms with Crippen molar-refractivity contribution in [3.05, 3.63) is 12.2 Å². The van der Waals surface area contributed by atoms with Crippen molar-refractivity contribution < 1.29 is 34.2 Å². The van der Waals surface area contributed by atoms with Crippen molar-refractivity contribution >= 4 is 17.9 Å². The molecule has 0 spiro atoms. The fourth-order valence-electron chi connectivity index (χ4n) is 5.56. The Hall–Kier alpha value is -1.89. The number of aliphatic carboxylic acids is 3. The molecule has 0 aliphatic rings. The van der Waals surface area contributed by atoms with Crippen LogP contribution in [-0.4, -0.2) is 62.4 Å². The van der Waals surface area contributed by atoms with E-state index in [0.717, 1.165) is 12.8 Å². The molecule has 0 aromatic rings. The van der Waals surface area contributed by atoms with Gasteiger partial charge in [0, 0.05) is 6.42 Å². The lowest BCUT2D eigenvalue weighted by atomic mass is 10.0. The number of unbranched alkanes of at least 4 members (excludes halogenated alkanes) is 16. The summed E-state index contributed by atoms with van der Waals surface area (Å²) in [5.41, 5.74) is 0. The minimum absolute atomic E-state index is 0.178. The highest BCUT2D eigenvalue weighted by Gasteiger charge is 2.52. The zero-order valence-electron chi connectivity index (χ0n) is 24.8. The van der Waals surface area contributed by atoms with Gasteiger partial charge in [-0.15, -0.1) is 0 Å². The molecule has 0 bridgehead atoms. The second-order valence-electron chi connectivity index (χ2n) is 11.1. The Kier molecular flexibility index (Phi) is 20.9. The van der Waals surface area contributed by atoms with E-state index in [0.29, 0.717) is 12.8 Å². The summed E-state index contributed by atoms with van der Waals surface area (Å²) in [6.45, 7) is 6.67. The van der Waals surface area contributed by atoms with E-state index in [1.807, 2.05) is 0 Å². The van der Waals surface area contributed by atoms with Crippen molar-refractivity contribution in [2.24, 2.45) is 0 Å². The molecule has 0 rings (SSSR count). The largest absolute Gasteiger partial charge is 0.477 e. The fourth-order valence-corrected chi connectivity index (χ4v) is 5.56. The van der Waals surface area contributed by atoms with Crippen LogP contribution in [0.25, 0.3) is 0 Å². The third-order valence-corrected chi connectivity index (χ3v) is 8.29. The second kappa shape index (κ2) is 22.0. The summed E-state index contributed by atoms with van der Waals surface area (Å²) in [5.74, 6) is -3.56. The highest BCUT2D eigenvalue weighted by molar-refractivity contribution is 5.77. The summed E-state index contributed by atoms with van der Waals surface area (Å²) in [7, 11) is 0. The average Bonchev–Trinajstić information content (AvgIpc) is 2.88. The number of hydrogen-bond acceptors (Lipinski definition) is 3. The fraction of sp³-hybridized carbons (Fsp3) is 0.839. The van der Waals surface area contributed by atoms with Crippen LogP contribution in [0.2, 0.25) is 0 Å². The van der Waals surface area contributed by atoms with Crippen molar-refractivity contribution in [3.8, 4) is 0 Å². The molecule has 222 valence electrons. The molecule has 3 atom stereocenters. The van der Waals surface area contributed by atoms with E-state index in [2.05, 4.69) is 19.1 Å². The smallest absolute Gasteiger partial charge is 0.362 e. The molecular weight excluding hydrogens is 482 g/mol. The summed E-state index contributed by atoms with van der Waals surface area (Å²) in [5, 5.41) is 28.9. The number of rotatable bonds is 26. The standard InChI is InChI=1S/C31H57NO6/c1-5-6-7-8-9-10-11-12-13-14-15-16-17-18-19-20-21-22-23-24-25-32(26(2)29(33)34,27(3)30(35)36)28(4)31(37)38/h21-22,26-28H,5-20,23-25H2,1-4H3,(H2-,33,34,35,36,37,38)/p+1/b22-21+. The first-order valence-electron chi connectivity index (χ1n) is 15.3. The summed E-state index contributed by atoms with van der Waals surface area (Å²) in [6.07, 6.45) is 26.5. The monoisotopic (exact) mass is 540 g/mol. The van der Waals surface area contributed by atoms with Crippen molar-refractivity contribution in [3.63, 3.8) is 0 Å². The maximum Gasteiger partial charge on any atom is 0.362 e. The van der Waals surface area contributed by atoms with Gasteiger partial charge in [0.2, 0.25) is 0 Å². The Bertz CT molecular complexity index is 627. The third kappa shape index (κ3) is 14.3. The van der Waals surface area contributed by atoms with Gasteiger partial charge >= 0.3 is 17.9 Å². The molecule has 0 radical (unpaired) electrons. The summed E-state index contributed by atoms with van der Waals surface area (Å²) in [6, 6.07) is -3.43. The molecule has 0 amide bonds. The van der Waals surface area contributed by atoms with E-state index in [-0.39, 0.29) is 6.54 Å². The Morgan fingerprint density at radius 2 is 0.816 bits per heavy atom. The van der Waals surface area contributed by atoms with Gasteiger partial charge in [-0.2, -0.15) is 0 Å². The molecule has 0 heterocycles. The van der Waals surface area contributed by atoms with Crippen LogP contribution in [0.3, 0.4) is 0 Å². The van der Waals surface area contributed by atoms with Gasteiger partial charge < -0.3 is 15.3 Å². The first-order valence-corrected chi connectivity index (χ1v) is 15.3. The highest BCUT2D eigenvalue weighted by atomic mass is 16.4. The summed E-state index contributed by atoms with van der Waals surface area (Å²) >= 11 is 0. The number of carbonyl (C=O) groups is 3. The van der Waals surface area contributed by atoms with Gasteiger partial charge in [0.25, 0.3) is 0 Å². The molecule has 0 aliphatic heterocycles. The van der Waals surface area contributed by atoms with Gasteiger partial charge in [0.15, 0.2) is 18.1 Å². The van der Waals surface area contributed by atoms with Crippen molar-refractivity contribution in [2.45, 2.75) is 161 Å². The van der Waals surface area contributed by atoms with Crippen LogP contribution in [0, 0.1) is 0 Å². The maximum atomic E-state index is 11.8. The number of quaternary nitrogens is 1. The Morgan fingerprint density at radius 3 is 1.13 bits per heavy atom. The molecule has 0 aromatic carbocycles. The van der Waals surface area contributed by atoms with Gasteiger partial charge in [-0.25, -0.2) is 14.4 Å². The Balaban J connectivity index is 4.14. The molecule has 0 aliphatic carbocycles. The zero-order valence-corrected chi connectivity index (χ0v) is 24.8. The van der Waals surface area contributed by atoms with Crippen molar-refractivity contribution in [1.82, 2.24) is 0 Å². The minimum atomic E-state index is -1.19. The molecule has 0 saturated carbocycles. The average molecular weight is 541 g/mol. The number of carboxylic acid groups (broad SMARTS) is 3. The SMILES string of the molecule is CCCCCCCCCCCCCCCCC/C=C/CCC[N+](C(C)C(=O)O)(C(C)C(=O)O)C(C)C(=O)O. The Labute approximate surface area is 232 Å². The van der Waals surface area contributed by atoms with Crippen LogP contribution < -0.4 is 0 Å². The quantitative estimate of drug-likeness (QED) is 0.0586. The molecule has 38 heavy (non-hydrogen) atoms. The Morgan fingerprint density at radius 1 is 0.526 bits per heavy atom. The second-order valence-corrected chi connectivity index (χ2v) is 11.1. The van der Waals surface area contributed by atoms with Gasteiger partial charge in [-0.05, 0) is 40.0 Å². The van der Waals surface area contributed by atoms with Gasteiger partial charge in [0.05, 0.1) is 6.54 Å². The van der Waals surface area contributed by atoms with Crippen LogP contribution >= 0.6 is 0 Å². The summed E-state index contributed by atoms with van der Waals surface area (Å²) in [4.78, 5) is 35.4. The number of nitrogens with zero attached hydrogens (tertiary/aromatic N) is 1. The lowest BCUT2D eigenvalue weighted by Crippen LogP contribution is -2.70. The maximum absolute atomic E-state index is 11.8. The third-order valence-electron chi connectivity index (χ3n) is 8.29. The van der Waals surface area contributed by atoms with Gasteiger partial charge in [-0.1, -0.05) is 109 Å². The van der Waals surface area contributed by atoms with Gasteiger partial charge in [0.1, 0.15) is 0 Å². The van der Waals surface area contributed by atoms with Crippen LogP contribution in [0.15, 0.2) is 12.2 Å². The molecule has 7 heteroatoms. The molecule has 7 nitrogen and oxygen atoms in total. The predicted octanol–water partition coefficient (Wildman–Crippen LogP) is 7.82. The van der Waals surface area contributed by atoms with Crippen LogP contribution in [0.5, 0.6) is 0 Å². The molecule has 3 unspecified atom stereocenters. The van der Waals surface area contributed by atoms with Crippen molar-refractivity contribution in [1.29, 1.82) is 0 Å². The van der Waals surface area contributed by atoms with E-state index in [4.69, 9.17) is 0 Å².